The van der Waals surface area contributed by atoms with Gasteiger partial charge in [-0.3, -0.25) is 9.59 Å². The third-order valence-corrected chi connectivity index (χ3v) is 5.34. The first-order valence-electron chi connectivity index (χ1n) is 8.25. The van der Waals surface area contributed by atoms with E-state index in [1.807, 2.05) is 0 Å². The SMILES string of the molecule is CN1C(=O)c2cccnc2Sc2cc(C(=O)Nc3ccc(F)c(F)c3)ccc21. The lowest BCUT2D eigenvalue weighted by atomic mass is 10.1. The number of carbonyl (C=O) groups is 2. The van der Waals surface area contributed by atoms with Crippen LogP contribution in [0.3, 0.4) is 0 Å². The van der Waals surface area contributed by atoms with Gasteiger partial charge < -0.3 is 10.2 Å². The highest BCUT2D eigenvalue weighted by Gasteiger charge is 2.26. The molecule has 1 aromatic heterocycles. The van der Waals surface area contributed by atoms with E-state index in [1.165, 1.54) is 22.7 Å². The zero-order valence-corrected chi connectivity index (χ0v) is 15.4. The molecule has 28 heavy (non-hydrogen) atoms. The number of hydrogen-bond donors (Lipinski definition) is 1. The van der Waals surface area contributed by atoms with Gasteiger partial charge in [0.05, 0.1) is 11.3 Å². The second kappa shape index (κ2) is 7.05. The molecule has 1 aliphatic heterocycles. The molecule has 1 aliphatic rings. The summed E-state index contributed by atoms with van der Waals surface area (Å²) in [4.78, 5) is 31.6. The maximum absolute atomic E-state index is 13.3. The summed E-state index contributed by atoms with van der Waals surface area (Å²) in [7, 11) is 1.66. The van der Waals surface area contributed by atoms with Crippen LogP contribution in [0.4, 0.5) is 20.2 Å². The highest BCUT2D eigenvalue weighted by atomic mass is 32.2. The van der Waals surface area contributed by atoms with Gasteiger partial charge in [-0.2, -0.15) is 0 Å². The molecule has 140 valence electrons. The van der Waals surface area contributed by atoms with Gasteiger partial charge in [0.2, 0.25) is 0 Å². The fraction of sp³-hybridized carbons (Fsp3) is 0.0500. The molecule has 8 heteroatoms. The standard InChI is InChI=1S/C20H13F2N3O2S/c1-25-16-7-4-11(18(26)24-12-5-6-14(21)15(22)10-12)9-17(16)28-19-13(20(25)27)3-2-8-23-19/h2-10H,1H3,(H,24,26). The number of hydrogen-bond acceptors (Lipinski definition) is 4. The van der Waals surface area contributed by atoms with Crippen LogP contribution < -0.4 is 10.2 Å². The fourth-order valence-electron chi connectivity index (χ4n) is 2.82. The van der Waals surface area contributed by atoms with Gasteiger partial charge in [-0.1, -0.05) is 11.8 Å². The predicted octanol–water partition coefficient (Wildman–Crippen LogP) is 4.35. The average molecular weight is 397 g/mol. The first-order chi connectivity index (χ1) is 13.4. The maximum atomic E-state index is 13.3. The monoisotopic (exact) mass is 397 g/mol. The number of nitrogens with zero attached hydrogens (tertiary/aromatic N) is 2. The Kier molecular flexibility index (Phi) is 4.56. The molecule has 0 bridgehead atoms. The van der Waals surface area contributed by atoms with Crippen molar-refractivity contribution < 1.29 is 18.4 Å². The topological polar surface area (TPSA) is 62.3 Å². The predicted molar refractivity (Wildman–Crippen MR) is 102 cm³/mol. The van der Waals surface area contributed by atoms with Crippen LogP contribution in [0.15, 0.2) is 64.6 Å². The number of fused-ring (bicyclic) bond motifs is 2. The van der Waals surface area contributed by atoms with E-state index in [0.29, 0.717) is 26.7 Å². The molecule has 1 N–H and O–H groups in total. The minimum atomic E-state index is -1.04. The van der Waals surface area contributed by atoms with Crippen LogP contribution in [-0.4, -0.2) is 23.8 Å². The van der Waals surface area contributed by atoms with E-state index < -0.39 is 17.5 Å². The Morgan fingerprint density at radius 3 is 2.71 bits per heavy atom. The second-order valence-electron chi connectivity index (χ2n) is 6.09. The molecule has 5 nitrogen and oxygen atoms in total. The van der Waals surface area contributed by atoms with E-state index in [-0.39, 0.29) is 11.6 Å². The summed E-state index contributed by atoms with van der Waals surface area (Å²) in [5, 5.41) is 3.09. The van der Waals surface area contributed by atoms with Crippen molar-refractivity contribution in [1.82, 2.24) is 4.98 Å². The van der Waals surface area contributed by atoms with E-state index in [0.717, 1.165) is 12.1 Å². The van der Waals surface area contributed by atoms with Crippen LogP contribution in [0.5, 0.6) is 0 Å². The fourth-order valence-corrected chi connectivity index (χ4v) is 3.90. The first-order valence-corrected chi connectivity index (χ1v) is 9.07. The summed E-state index contributed by atoms with van der Waals surface area (Å²) in [5.41, 5.74) is 1.60. The molecule has 0 aliphatic carbocycles. The van der Waals surface area contributed by atoms with Crippen LogP contribution in [0, 0.1) is 11.6 Å². The molecule has 0 saturated heterocycles. The molecule has 0 atom stereocenters. The minimum Gasteiger partial charge on any atom is -0.322 e. The number of carbonyl (C=O) groups excluding carboxylic acids is 2. The normalized spacial score (nSPS) is 12.8. The second-order valence-corrected chi connectivity index (χ2v) is 7.12. The Bertz CT molecular complexity index is 1120. The van der Waals surface area contributed by atoms with E-state index >= 15 is 0 Å². The number of amides is 2. The number of rotatable bonds is 2. The van der Waals surface area contributed by atoms with Gasteiger partial charge in [-0.05, 0) is 42.5 Å². The van der Waals surface area contributed by atoms with E-state index in [9.17, 15) is 18.4 Å². The third-order valence-electron chi connectivity index (χ3n) is 4.27. The summed E-state index contributed by atoms with van der Waals surface area (Å²) >= 11 is 1.29. The molecule has 2 amide bonds. The molecule has 0 fully saturated rings. The number of aromatic nitrogens is 1. The molecule has 0 saturated carbocycles. The van der Waals surface area contributed by atoms with Gasteiger partial charge in [0.1, 0.15) is 5.03 Å². The lowest BCUT2D eigenvalue weighted by Gasteiger charge is -2.17. The number of nitrogens with one attached hydrogen (secondary N) is 1. The molecule has 0 spiro atoms. The number of pyridine rings is 1. The van der Waals surface area contributed by atoms with Crippen LogP contribution in [0.1, 0.15) is 20.7 Å². The average Bonchev–Trinajstić information content (AvgIpc) is 2.79. The van der Waals surface area contributed by atoms with Crippen molar-refractivity contribution >= 4 is 35.0 Å². The first kappa shape index (κ1) is 18.1. The van der Waals surface area contributed by atoms with E-state index in [2.05, 4.69) is 10.3 Å². The van der Waals surface area contributed by atoms with Crippen molar-refractivity contribution in [3.8, 4) is 0 Å². The van der Waals surface area contributed by atoms with Crippen molar-refractivity contribution in [2.75, 3.05) is 17.3 Å². The maximum Gasteiger partial charge on any atom is 0.260 e. The Labute approximate surface area is 163 Å². The lowest BCUT2D eigenvalue weighted by molar-refractivity contribution is 0.0988. The van der Waals surface area contributed by atoms with Crippen LogP contribution in [0.25, 0.3) is 0 Å². The Balaban J connectivity index is 1.67. The van der Waals surface area contributed by atoms with Crippen molar-refractivity contribution in [3.63, 3.8) is 0 Å². The Hall–Kier alpha value is -3.26. The Morgan fingerprint density at radius 1 is 1.11 bits per heavy atom. The van der Waals surface area contributed by atoms with Gasteiger partial charge in [0.25, 0.3) is 11.8 Å². The molecular weight excluding hydrogens is 384 g/mol. The van der Waals surface area contributed by atoms with Crippen LogP contribution >= 0.6 is 11.8 Å². The Morgan fingerprint density at radius 2 is 1.93 bits per heavy atom. The highest BCUT2D eigenvalue weighted by molar-refractivity contribution is 7.99. The zero-order valence-electron chi connectivity index (χ0n) is 14.6. The molecule has 2 heterocycles. The largest absolute Gasteiger partial charge is 0.322 e. The summed E-state index contributed by atoms with van der Waals surface area (Å²) in [6.07, 6.45) is 1.60. The molecule has 0 unspecified atom stereocenters. The molecule has 4 rings (SSSR count). The number of anilines is 2. The molecule has 0 radical (unpaired) electrons. The summed E-state index contributed by atoms with van der Waals surface area (Å²) in [6.45, 7) is 0. The van der Waals surface area contributed by atoms with Crippen LogP contribution in [0.2, 0.25) is 0 Å². The highest BCUT2D eigenvalue weighted by Crippen LogP contribution is 2.40. The summed E-state index contributed by atoms with van der Waals surface area (Å²) in [5.74, 6) is -2.70. The smallest absolute Gasteiger partial charge is 0.260 e. The summed E-state index contributed by atoms with van der Waals surface area (Å²) < 4.78 is 26.4. The van der Waals surface area contributed by atoms with Crippen molar-refractivity contribution in [2.24, 2.45) is 0 Å². The quantitative estimate of drug-likeness (QED) is 0.698. The van der Waals surface area contributed by atoms with Gasteiger partial charge >= 0.3 is 0 Å². The van der Waals surface area contributed by atoms with Crippen molar-refractivity contribution in [3.05, 3.63) is 77.5 Å². The van der Waals surface area contributed by atoms with Gasteiger partial charge in [-0.25, -0.2) is 13.8 Å². The van der Waals surface area contributed by atoms with Gasteiger partial charge in [0.15, 0.2) is 11.6 Å². The number of halogens is 2. The van der Waals surface area contributed by atoms with Crippen molar-refractivity contribution in [2.45, 2.75) is 9.92 Å². The molecule has 3 aromatic rings. The third kappa shape index (κ3) is 3.22. The minimum absolute atomic E-state index is 0.144. The van der Waals surface area contributed by atoms with Crippen LogP contribution in [-0.2, 0) is 0 Å². The van der Waals surface area contributed by atoms with E-state index in [4.69, 9.17) is 0 Å². The van der Waals surface area contributed by atoms with Crippen molar-refractivity contribution in [1.29, 1.82) is 0 Å². The number of benzene rings is 2. The zero-order chi connectivity index (χ0) is 19.8. The lowest BCUT2D eigenvalue weighted by Crippen LogP contribution is -2.26. The van der Waals surface area contributed by atoms with E-state index in [1.54, 1.807) is 43.6 Å². The van der Waals surface area contributed by atoms with Gasteiger partial charge in [-0.15, -0.1) is 0 Å². The van der Waals surface area contributed by atoms with Gasteiger partial charge in [0, 0.05) is 35.5 Å². The molecule has 2 aromatic carbocycles. The summed E-state index contributed by atoms with van der Waals surface area (Å²) in [6, 6.07) is 11.4. The molecular formula is C20H13F2N3O2S.